The molecule has 1 heterocycles. The second-order valence-corrected chi connectivity index (χ2v) is 5.58. The molecule has 2 aliphatic rings. The standard InChI is InChI=1S/C16H23NO/c1-2-17-15-8-9-18-16(11-15)14-5-3-4-13(10-14)12-6-7-12/h3-5,10,12,15-17H,2,6-9,11H2,1H3. The van der Waals surface area contributed by atoms with Gasteiger partial charge in [-0.15, -0.1) is 0 Å². The van der Waals surface area contributed by atoms with Crippen molar-refractivity contribution >= 4 is 0 Å². The van der Waals surface area contributed by atoms with Gasteiger partial charge in [0.25, 0.3) is 0 Å². The number of benzene rings is 1. The number of ether oxygens (including phenoxy) is 1. The Labute approximate surface area is 110 Å². The molecule has 1 aromatic rings. The minimum absolute atomic E-state index is 0.293. The fourth-order valence-electron chi connectivity index (χ4n) is 2.93. The van der Waals surface area contributed by atoms with Gasteiger partial charge < -0.3 is 10.1 Å². The molecule has 18 heavy (non-hydrogen) atoms. The van der Waals surface area contributed by atoms with Gasteiger partial charge in [-0.1, -0.05) is 31.2 Å². The molecule has 2 fully saturated rings. The Kier molecular flexibility index (Phi) is 3.67. The molecule has 1 aromatic carbocycles. The summed E-state index contributed by atoms with van der Waals surface area (Å²) < 4.78 is 5.96. The van der Waals surface area contributed by atoms with Crippen molar-refractivity contribution in [3.05, 3.63) is 35.4 Å². The fourth-order valence-corrected chi connectivity index (χ4v) is 2.93. The Hall–Kier alpha value is -0.860. The van der Waals surface area contributed by atoms with Crippen LogP contribution >= 0.6 is 0 Å². The normalized spacial score (nSPS) is 28.3. The van der Waals surface area contributed by atoms with Gasteiger partial charge in [0.05, 0.1) is 6.10 Å². The molecule has 1 saturated carbocycles. The summed E-state index contributed by atoms with van der Waals surface area (Å²) in [5, 5.41) is 3.55. The van der Waals surface area contributed by atoms with Crippen molar-refractivity contribution < 1.29 is 4.74 Å². The molecule has 2 atom stereocenters. The molecule has 1 N–H and O–H groups in total. The van der Waals surface area contributed by atoms with Crippen LogP contribution in [0.5, 0.6) is 0 Å². The van der Waals surface area contributed by atoms with E-state index in [0.717, 1.165) is 31.9 Å². The van der Waals surface area contributed by atoms with Crippen LogP contribution in [0.1, 0.15) is 55.8 Å². The molecule has 2 unspecified atom stereocenters. The Bertz CT molecular complexity index is 398. The van der Waals surface area contributed by atoms with Crippen molar-refractivity contribution in [1.29, 1.82) is 0 Å². The van der Waals surface area contributed by atoms with Crippen LogP contribution in [0.4, 0.5) is 0 Å². The zero-order chi connectivity index (χ0) is 12.4. The summed E-state index contributed by atoms with van der Waals surface area (Å²) in [5.74, 6) is 0.832. The molecule has 3 rings (SSSR count). The van der Waals surface area contributed by atoms with Gasteiger partial charge in [-0.05, 0) is 49.3 Å². The maximum Gasteiger partial charge on any atom is 0.0839 e. The highest BCUT2D eigenvalue weighted by molar-refractivity contribution is 5.30. The molecule has 2 heteroatoms. The van der Waals surface area contributed by atoms with Crippen LogP contribution in [0.3, 0.4) is 0 Å². The Morgan fingerprint density at radius 1 is 1.22 bits per heavy atom. The summed E-state index contributed by atoms with van der Waals surface area (Å²) in [6.45, 7) is 4.12. The number of rotatable bonds is 4. The van der Waals surface area contributed by atoms with Gasteiger partial charge in [0.2, 0.25) is 0 Å². The molecule has 1 aliphatic heterocycles. The molecule has 1 aliphatic carbocycles. The van der Waals surface area contributed by atoms with E-state index in [1.807, 2.05) is 0 Å². The van der Waals surface area contributed by atoms with Crippen molar-refractivity contribution in [2.45, 2.75) is 50.7 Å². The highest BCUT2D eigenvalue weighted by Gasteiger charge is 2.26. The highest BCUT2D eigenvalue weighted by Crippen LogP contribution is 2.41. The van der Waals surface area contributed by atoms with E-state index in [1.54, 1.807) is 0 Å². The second-order valence-electron chi connectivity index (χ2n) is 5.58. The van der Waals surface area contributed by atoms with E-state index in [1.165, 1.54) is 24.0 Å². The lowest BCUT2D eigenvalue weighted by molar-refractivity contribution is 0.000557. The minimum atomic E-state index is 0.293. The first-order valence-electron chi connectivity index (χ1n) is 7.31. The molecular formula is C16H23NO. The first-order chi connectivity index (χ1) is 8.86. The Morgan fingerprint density at radius 2 is 2.06 bits per heavy atom. The SMILES string of the molecule is CCNC1CCOC(c2cccc(C3CC3)c2)C1. The molecule has 1 saturated heterocycles. The molecule has 98 valence electrons. The predicted molar refractivity (Wildman–Crippen MR) is 73.8 cm³/mol. The molecule has 0 spiro atoms. The lowest BCUT2D eigenvalue weighted by Gasteiger charge is -2.30. The van der Waals surface area contributed by atoms with Gasteiger partial charge in [-0.25, -0.2) is 0 Å². The third-order valence-corrected chi connectivity index (χ3v) is 4.11. The van der Waals surface area contributed by atoms with E-state index >= 15 is 0 Å². The van der Waals surface area contributed by atoms with E-state index in [0.29, 0.717) is 12.1 Å². The van der Waals surface area contributed by atoms with Gasteiger partial charge in [-0.2, -0.15) is 0 Å². The van der Waals surface area contributed by atoms with Crippen LogP contribution in [0.25, 0.3) is 0 Å². The third kappa shape index (κ3) is 2.76. The number of nitrogens with one attached hydrogen (secondary N) is 1. The van der Waals surface area contributed by atoms with Crippen molar-refractivity contribution in [1.82, 2.24) is 5.32 Å². The summed E-state index contributed by atoms with van der Waals surface area (Å²) in [7, 11) is 0. The second kappa shape index (κ2) is 5.41. The monoisotopic (exact) mass is 245 g/mol. The van der Waals surface area contributed by atoms with Gasteiger partial charge in [0.1, 0.15) is 0 Å². The van der Waals surface area contributed by atoms with E-state index in [2.05, 4.69) is 36.5 Å². The first kappa shape index (κ1) is 12.2. The van der Waals surface area contributed by atoms with E-state index in [9.17, 15) is 0 Å². The van der Waals surface area contributed by atoms with Crippen LogP contribution in [0.15, 0.2) is 24.3 Å². The first-order valence-corrected chi connectivity index (χ1v) is 7.31. The van der Waals surface area contributed by atoms with Crippen LogP contribution in [0.2, 0.25) is 0 Å². The van der Waals surface area contributed by atoms with Gasteiger partial charge in [0, 0.05) is 12.6 Å². The average molecular weight is 245 g/mol. The summed E-state index contributed by atoms with van der Waals surface area (Å²) in [5.41, 5.74) is 2.89. The van der Waals surface area contributed by atoms with Crippen LogP contribution in [-0.2, 0) is 4.74 Å². The third-order valence-electron chi connectivity index (χ3n) is 4.11. The summed E-state index contributed by atoms with van der Waals surface area (Å²) >= 11 is 0. The van der Waals surface area contributed by atoms with E-state index < -0.39 is 0 Å². The van der Waals surface area contributed by atoms with Gasteiger partial charge in [-0.3, -0.25) is 0 Å². The van der Waals surface area contributed by atoms with Crippen molar-refractivity contribution in [2.75, 3.05) is 13.2 Å². The van der Waals surface area contributed by atoms with Crippen LogP contribution < -0.4 is 5.32 Å². The molecular weight excluding hydrogens is 222 g/mol. The van der Waals surface area contributed by atoms with E-state index in [4.69, 9.17) is 4.74 Å². The van der Waals surface area contributed by atoms with Crippen LogP contribution in [0, 0.1) is 0 Å². The number of hydrogen-bond acceptors (Lipinski definition) is 2. The predicted octanol–water partition coefficient (Wildman–Crippen LogP) is 3.39. The molecule has 0 aromatic heterocycles. The average Bonchev–Trinajstić information content (AvgIpc) is 3.24. The Morgan fingerprint density at radius 3 is 2.83 bits per heavy atom. The maximum atomic E-state index is 5.96. The lowest BCUT2D eigenvalue weighted by atomic mass is 9.95. The smallest absolute Gasteiger partial charge is 0.0839 e. The Balaban J connectivity index is 1.70. The summed E-state index contributed by atoms with van der Waals surface area (Å²) in [6, 6.07) is 9.69. The van der Waals surface area contributed by atoms with Crippen molar-refractivity contribution in [3.63, 3.8) is 0 Å². The maximum absolute atomic E-state index is 5.96. The number of hydrogen-bond donors (Lipinski definition) is 1. The van der Waals surface area contributed by atoms with E-state index in [-0.39, 0.29) is 0 Å². The quantitative estimate of drug-likeness (QED) is 0.878. The topological polar surface area (TPSA) is 21.3 Å². The van der Waals surface area contributed by atoms with Gasteiger partial charge in [0.15, 0.2) is 0 Å². The molecule has 0 radical (unpaired) electrons. The largest absolute Gasteiger partial charge is 0.373 e. The molecule has 0 bridgehead atoms. The summed E-state index contributed by atoms with van der Waals surface area (Å²) in [4.78, 5) is 0. The fraction of sp³-hybridized carbons (Fsp3) is 0.625. The van der Waals surface area contributed by atoms with Crippen molar-refractivity contribution in [2.24, 2.45) is 0 Å². The highest BCUT2D eigenvalue weighted by atomic mass is 16.5. The zero-order valence-electron chi connectivity index (χ0n) is 11.2. The lowest BCUT2D eigenvalue weighted by Crippen LogP contribution is -2.35. The van der Waals surface area contributed by atoms with Crippen LogP contribution in [-0.4, -0.2) is 19.2 Å². The minimum Gasteiger partial charge on any atom is -0.373 e. The van der Waals surface area contributed by atoms with Crippen molar-refractivity contribution in [3.8, 4) is 0 Å². The summed E-state index contributed by atoms with van der Waals surface area (Å²) in [6.07, 6.45) is 5.29. The molecule has 2 nitrogen and oxygen atoms in total. The molecule has 0 amide bonds. The van der Waals surface area contributed by atoms with Gasteiger partial charge >= 0.3 is 0 Å². The zero-order valence-corrected chi connectivity index (χ0v) is 11.2.